The average Bonchev–Trinajstić information content (AvgIpc) is 3.05. The van der Waals surface area contributed by atoms with Gasteiger partial charge in [0.1, 0.15) is 0 Å². The Morgan fingerprint density at radius 1 is 0.594 bits per heavy atom. The molecule has 0 radical (unpaired) electrons. The molecule has 32 heavy (non-hydrogen) atoms. The van der Waals surface area contributed by atoms with Gasteiger partial charge in [0.2, 0.25) is 0 Å². The van der Waals surface area contributed by atoms with Crippen LogP contribution in [0.5, 0.6) is 0 Å². The SMILES string of the molecule is FC(F)(F)C(F)(F)C(F)(F)O[C@](F)(C(F)(F)F)C(F)(F)O[C@@](F)(C1=NCCN1)C(F)(F)F. The van der Waals surface area contributed by atoms with E-state index in [1.54, 1.807) is 0 Å². The molecule has 1 N–H and O–H groups in total. The number of hydrogen-bond donors (Lipinski definition) is 1. The number of alkyl halides is 17. The molecule has 0 aliphatic carbocycles. The van der Waals surface area contributed by atoms with Gasteiger partial charge in [0.25, 0.3) is 0 Å². The first-order chi connectivity index (χ1) is 13.8. The average molecular weight is 520 g/mol. The van der Waals surface area contributed by atoms with Crippen molar-refractivity contribution in [2.45, 2.75) is 48.4 Å². The van der Waals surface area contributed by atoms with Crippen LogP contribution in [0.15, 0.2) is 4.99 Å². The largest absolute Gasteiger partial charge is 0.462 e. The van der Waals surface area contributed by atoms with E-state index in [1.807, 2.05) is 0 Å². The molecule has 0 unspecified atom stereocenters. The highest BCUT2D eigenvalue weighted by atomic mass is 19.4. The summed E-state index contributed by atoms with van der Waals surface area (Å²) in [7, 11) is 0. The van der Waals surface area contributed by atoms with Crippen LogP contribution in [0, 0.1) is 0 Å². The standard InChI is InChI=1S/C11H5F17N2O2/c12-4(7(16,17)18,3-29-1-2-30-3)31-11(27,28)6(15,9(22,23)24)32-10(25,26)5(13,14)8(19,20)21/h1-2H2,(H,29,30)/t4-,6+/m0/s1. The Bertz CT molecular complexity index is 725. The Morgan fingerprint density at radius 3 is 1.38 bits per heavy atom. The summed E-state index contributed by atoms with van der Waals surface area (Å²) in [5.41, 5.74) is 0. The molecule has 0 saturated heterocycles. The lowest BCUT2D eigenvalue weighted by Gasteiger charge is -2.40. The lowest BCUT2D eigenvalue weighted by molar-refractivity contribution is -0.547. The van der Waals surface area contributed by atoms with Crippen molar-refractivity contribution in [1.29, 1.82) is 0 Å². The van der Waals surface area contributed by atoms with Crippen molar-refractivity contribution in [3.8, 4) is 0 Å². The van der Waals surface area contributed by atoms with E-state index in [1.165, 1.54) is 10.1 Å². The van der Waals surface area contributed by atoms with Crippen molar-refractivity contribution in [2.24, 2.45) is 4.99 Å². The maximum absolute atomic E-state index is 14.1. The Labute approximate surface area is 163 Å². The Kier molecular flexibility index (Phi) is 6.72. The summed E-state index contributed by atoms with van der Waals surface area (Å²) in [6.07, 6.45) is -37.7. The molecular weight excluding hydrogens is 515 g/mol. The third kappa shape index (κ3) is 4.49. The highest BCUT2D eigenvalue weighted by Crippen LogP contribution is 2.56. The predicted octanol–water partition coefficient (Wildman–Crippen LogP) is 4.86. The molecule has 1 aliphatic heterocycles. The number of amidine groups is 1. The Hall–Kier alpha value is -1.80. The maximum atomic E-state index is 14.1. The van der Waals surface area contributed by atoms with E-state index >= 15 is 0 Å². The van der Waals surface area contributed by atoms with Crippen LogP contribution in [-0.4, -0.2) is 67.3 Å². The zero-order valence-electron chi connectivity index (χ0n) is 14.1. The summed E-state index contributed by atoms with van der Waals surface area (Å²) in [5, 5.41) is 1.24. The van der Waals surface area contributed by atoms with Gasteiger partial charge >= 0.3 is 48.4 Å². The van der Waals surface area contributed by atoms with E-state index in [0.717, 1.165) is 0 Å². The Balaban J connectivity index is 3.59. The van der Waals surface area contributed by atoms with Crippen molar-refractivity contribution in [2.75, 3.05) is 13.1 Å². The molecule has 1 rings (SSSR count). The zero-order chi connectivity index (χ0) is 25.8. The van der Waals surface area contributed by atoms with Gasteiger partial charge in [-0.3, -0.25) is 14.5 Å². The molecule has 0 aromatic rings. The second kappa shape index (κ2) is 7.62. The summed E-state index contributed by atoms with van der Waals surface area (Å²) >= 11 is 0. The van der Waals surface area contributed by atoms with Gasteiger partial charge in [-0.1, -0.05) is 0 Å². The fourth-order valence-electron chi connectivity index (χ4n) is 1.78. The van der Waals surface area contributed by atoms with Crippen molar-refractivity contribution in [1.82, 2.24) is 5.32 Å². The monoisotopic (exact) mass is 520 g/mol. The quantitative estimate of drug-likeness (QED) is 0.488. The number of nitrogens with one attached hydrogen (secondary N) is 1. The molecule has 0 aromatic heterocycles. The van der Waals surface area contributed by atoms with Gasteiger partial charge < -0.3 is 5.32 Å². The van der Waals surface area contributed by atoms with Crippen LogP contribution in [0.3, 0.4) is 0 Å². The first-order valence-corrected chi connectivity index (χ1v) is 7.17. The topological polar surface area (TPSA) is 42.9 Å². The Morgan fingerprint density at radius 2 is 1.06 bits per heavy atom. The number of hydrogen-bond acceptors (Lipinski definition) is 4. The van der Waals surface area contributed by atoms with Crippen molar-refractivity contribution in [3.05, 3.63) is 0 Å². The molecule has 0 aromatic carbocycles. The van der Waals surface area contributed by atoms with E-state index in [-0.39, 0.29) is 0 Å². The molecule has 0 amide bonds. The van der Waals surface area contributed by atoms with Gasteiger partial charge in [0.05, 0.1) is 6.54 Å². The lowest BCUT2D eigenvalue weighted by atomic mass is 10.2. The van der Waals surface area contributed by atoms with Gasteiger partial charge in [0.15, 0.2) is 5.84 Å². The third-order valence-electron chi connectivity index (χ3n) is 3.34. The summed E-state index contributed by atoms with van der Waals surface area (Å²) in [4.78, 5) is 2.54. The normalized spacial score (nSPS) is 21.0. The fraction of sp³-hybridized carbons (Fsp3) is 0.909. The van der Waals surface area contributed by atoms with Gasteiger partial charge in [-0.05, 0) is 0 Å². The zero-order valence-corrected chi connectivity index (χ0v) is 14.1. The van der Waals surface area contributed by atoms with Crippen LogP contribution < -0.4 is 5.32 Å². The van der Waals surface area contributed by atoms with Crippen molar-refractivity contribution >= 4 is 5.84 Å². The number of ether oxygens (including phenoxy) is 2. The lowest BCUT2D eigenvalue weighted by Crippen LogP contribution is -2.68. The number of rotatable bonds is 7. The molecule has 2 atom stereocenters. The molecule has 0 fully saturated rings. The van der Waals surface area contributed by atoms with Crippen LogP contribution in [-0.2, 0) is 9.47 Å². The molecule has 0 saturated carbocycles. The number of halogens is 17. The summed E-state index contributed by atoms with van der Waals surface area (Å²) in [6, 6.07) is 0. The van der Waals surface area contributed by atoms with Crippen molar-refractivity contribution < 1.29 is 84.1 Å². The summed E-state index contributed by atoms with van der Waals surface area (Å²) < 4.78 is 223. The molecule has 1 aliphatic rings. The van der Waals surface area contributed by atoms with E-state index in [4.69, 9.17) is 0 Å². The molecule has 4 nitrogen and oxygen atoms in total. The summed E-state index contributed by atoms with van der Waals surface area (Å²) in [6.45, 7) is -1.63. The minimum atomic E-state index is -7.89. The van der Waals surface area contributed by atoms with Crippen LogP contribution in [0.25, 0.3) is 0 Å². The predicted molar refractivity (Wildman–Crippen MR) is 63.2 cm³/mol. The molecule has 21 heteroatoms. The van der Waals surface area contributed by atoms with E-state index in [2.05, 4.69) is 9.73 Å². The van der Waals surface area contributed by atoms with Gasteiger partial charge in [0, 0.05) is 6.54 Å². The van der Waals surface area contributed by atoms with E-state index < -0.39 is 67.3 Å². The second-order valence-electron chi connectivity index (χ2n) is 5.65. The first kappa shape index (κ1) is 28.2. The fourth-order valence-corrected chi connectivity index (χ4v) is 1.78. The van der Waals surface area contributed by atoms with E-state index in [0.29, 0.717) is 0 Å². The first-order valence-electron chi connectivity index (χ1n) is 7.17. The smallest absolute Gasteiger partial charge is 0.367 e. The maximum Gasteiger partial charge on any atom is 0.462 e. The van der Waals surface area contributed by atoms with E-state index in [9.17, 15) is 74.6 Å². The van der Waals surface area contributed by atoms with Gasteiger partial charge in [-0.25, -0.2) is 0 Å². The minimum Gasteiger partial charge on any atom is -0.367 e. The van der Waals surface area contributed by atoms with Gasteiger partial charge in [-0.15, -0.1) is 0 Å². The minimum absolute atomic E-state index is 0.779. The summed E-state index contributed by atoms with van der Waals surface area (Å²) in [5.74, 6) is -24.3. The molecule has 190 valence electrons. The van der Waals surface area contributed by atoms with Crippen LogP contribution in [0.1, 0.15) is 0 Å². The van der Waals surface area contributed by atoms with Crippen molar-refractivity contribution in [3.63, 3.8) is 0 Å². The third-order valence-corrected chi connectivity index (χ3v) is 3.34. The van der Waals surface area contributed by atoms with Crippen LogP contribution in [0.4, 0.5) is 74.6 Å². The number of aliphatic imine (C=N–C) groups is 1. The molecule has 0 bridgehead atoms. The molecule has 1 heterocycles. The van der Waals surface area contributed by atoms with Crippen LogP contribution >= 0.6 is 0 Å². The highest BCUT2D eigenvalue weighted by molar-refractivity contribution is 5.91. The second-order valence-corrected chi connectivity index (χ2v) is 5.65. The molecular formula is C11H5F17N2O2. The molecule has 0 spiro atoms. The van der Waals surface area contributed by atoms with Crippen LogP contribution in [0.2, 0.25) is 0 Å². The van der Waals surface area contributed by atoms with Gasteiger partial charge in [-0.2, -0.15) is 74.6 Å². The number of nitrogens with zero attached hydrogens (tertiary/aromatic N) is 1. The highest BCUT2D eigenvalue weighted by Gasteiger charge is 2.85.